The van der Waals surface area contributed by atoms with Crippen LogP contribution < -0.4 is 14.8 Å². The second-order valence-corrected chi connectivity index (χ2v) is 7.21. The van der Waals surface area contributed by atoms with Crippen LogP contribution in [0.4, 0.5) is 5.69 Å². The van der Waals surface area contributed by atoms with E-state index in [1.54, 1.807) is 14.2 Å². The molecule has 1 aliphatic heterocycles. The van der Waals surface area contributed by atoms with Gasteiger partial charge in [0, 0.05) is 27.4 Å². The number of anilines is 1. The smallest absolute Gasteiger partial charge is 0.158 e. The number of halogens is 1. The number of benzene rings is 3. The summed E-state index contributed by atoms with van der Waals surface area (Å²) in [6.45, 7) is 0. The van der Waals surface area contributed by atoms with Gasteiger partial charge in [0.15, 0.2) is 6.23 Å². The van der Waals surface area contributed by atoms with Gasteiger partial charge in [-0.25, -0.2) is 0 Å². The zero-order valence-electron chi connectivity index (χ0n) is 15.1. The number of hydrogen-bond donors (Lipinski definition) is 1. The zero-order valence-corrected chi connectivity index (χ0v) is 16.7. The van der Waals surface area contributed by atoms with Crippen LogP contribution in [0.3, 0.4) is 0 Å². The van der Waals surface area contributed by atoms with Crippen molar-refractivity contribution in [3.05, 3.63) is 87.9 Å². The summed E-state index contributed by atoms with van der Waals surface area (Å²) >= 11 is 3.57. The maximum Gasteiger partial charge on any atom is 0.158 e. The number of hydrogen-bond acceptors (Lipinski definition) is 4. The van der Waals surface area contributed by atoms with E-state index < -0.39 is 0 Å². The fourth-order valence-corrected chi connectivity index (χ4v) is 3.72. The molecule has 0 radical (unpaired) electrons. The maximum absolute atomic E-state index is 6.50. The minimum absolute atomic E-state index is 0.184. The van der Waals surface area contributed by atoms with E-state index in [0.29, 0.717) is 0 Å². The van der Waals surface area contributed by atoms with Crippen LogP contribution in [0.2, 0.25) is 0 Å². The lowest BCUT2D eigenvalue weighted by atomic mass is 9.97. The third kappa shape index (κ3) is 3.53. The SMILES string of the molecule is COc1ccc([C@@H]2Nc3ccc(Br)cc3[C@H](c3ccccc3)O2)c(OC)c1. The standard InChI is InChI=1S/C22H20BrNO3/c1-25-16-9-10-17(20(13-16)26-2)22-24-19-11-8-15(23)12-18(19)21(27-22)14-6-4-3-5-7-14/h3-13,21-22,24H,1-2H3/t21-,22+/m0/s1. The van der Waals surface area contributed by atoms with Gasteiger partial charge < -0.3 is 19.5 Å². The summed E-state index contributed by atoms with van der Waals surface area (Å²) in [6.07, 6.45) is -0.526. The van der Waals surface area contributed by atoms with Crippen LogP contribution in [0.15, 0.2) is 71.2 Å². The number of ether oxygens (including phenoxy) is 3. The van der Waals surface area contributed by atoms with Gasteiger partial charge in [-0.05, 0) is 35.9 Å². The third-order valence-corrected chi connectivity index (χ3v) is 5.17. The molecular weight excluding hydrogens is 406 g/mol. The molecule has 1 heterocycles. The molecule has 0 amide bonds. The second-order valence-electron chi connectivity index (χ2n) is 6.29. The molecule has 138 valence electrons. The average molecular weight is 426 g/mol. The highest BCUT2D eigenvalue weighted by molar-refractivity contribution is 9.10. The molecular formula is C22H20BrNO3. The first-order valence-corrected chi connectivity index (χ1v) is 9.47. The van der Waals surface area contributed by atoms with E-state index in [4.69, 9.17) is 14.2 Å². The van der Waals surface area contributed by atoms with Crippen molar-refractivity contribution in [2.75, 3.05) is 19.5 Å². The molecule has 0 fully saturated rings. The Morgan fingerprint density at radius 1 is 0.889 bits per heavy atom. The highest BCUT2D eigenvalue weighted by Crippen LogP contribution is 2.44. The Labute approximate surface area is 167 Å². The Morgan fingerprint density at radius 3 is 2.44 bits per heavy atom. The Morgan fingerprint density at radius 2 is 1.70 bits per heavy atom. The fraction of sp³-hybridized carbons (Fsp3) is 0.182. The first-order chi connectivity index (χ1) is 13.2. The van der Waals surface area contributed by atoms with Gasteiger partial charge in [-0.3, -0.25) is 0 Å². The molecule has 0 aromatic heterocycles. The van der Waals surface area contributed by atoms with E-state index in [-0.39, 0.29) is 12.3 Å². The van der Waals surface area contributed by atoms with E-state index in [1.807, 2.05) is 42.5 Å². The lowest BCUT2D eigenvalue weighted by Crippen LogP contribution is -2.25. The normalized spacial score (nSPS) is 18.3. The topological polar surface area (TPSA) is 39.7 Å². The van der Waals surface area contributed by atoms with Gasteiger partial charge in [-0.2, -0.15) is 0 Å². The van der Waals surface area contributed by atoms with Crippen LogP contribution in [0, 0.1) is 0 Å². The molecule has 3 aromatic carbocycles. The summed E-state index contributed by atoms with van der Waals surface area (Å²) in [7, 11) is 3.30. The molecule has 0 saturated carbocycles. The first-order valence-electron chi connectivity index (χ1n) is 8.68. The summed E-state index contributed by atoms with van der Waals surface area (Å²) < 4.78 is 18.4. The summed E-state index contributed by atoms with van der Waals surface area (Å²) in [4.78, 5) is 0. The molecule has 0 aliphatic carbocycles. The van der Waals surface area contributed by atoms with Gasteiger partial charge in [0.05, 0.1) is 14.2 Å². The van der Waals surface area contributed by atoms with E-state index in [2.05, 4.69) is 45.5 Å². The largest absolute Gasteiger partial charge is 0.497 e. The molecule has 4 rings (SSSR count). The van der Waals surface area contributed by atoms with Gasteiger partial charge in [-0.1, -0.05) is 46.3 Å². The van der Waals surface area contributed by atoms with Crippen molar-refractivity contribution in [2.45, 2.75) is 12.3 Å². The molecule has 2 atom stereocenters. The van der Waals surface area contributed by atoms with Crippen LogP contribution in [0.5, 0.6) is 11.5 Å². The minimum atomic E-state index is -0.343. The summed E-state index contributed by atoms with van der Waals surface area (Å²) in [5.41, 5.74) is 4.17. The lowest BCUT2D eigenvalue weighted by molar-refractivity contribution is 0.0145. The van der Waals surface area contributed by atoms with Gasteiger partial charge >= 0.3 is 0 Å². The Bertz CT molecular complexity index is 946. The molecule has 3 aromatic rings. The van der Waals surface area contributed by atoms with E-state index >= 15 is 0 Å². The van der Waals surface area contributed by atoms with Crippen molar-refractivity contribution in [3.8, 4) is 11.5 Å². The molecule has 5 heteroatoms. The predicted molar refractivity (Wildman–Crippen MR) is 109 cm³/mol. The molecule has 4 nitrogen and oxygen atoms in total. The Hall–Kier alpha value is -2.50. The second kappa shape index (κ2) is 7.62. The molecule has 0 saturated heterocycles. The predicted octanol–water partition coefficient (Wildman–Crippen LogP) is 5.70. The highest BCUT2D eigenvalue weighted by atomic mass is 79.9. The van der Waals surface area contributed by atoms with Crippen molar-refractivity contribution < 1.29 is 14.2 Å². The highest BCUT2D eigenvalue weighted by Gasteiger charge is 2.31. The number of nitrogens with one attached hydrogen (secondary N) is 1. The van der Waals surface area contributed by atoms with Crippen molar-refractivity contribution in [3.63, 3.8) is 0 Å². The van der Waals surface area contributed by atoms with E-state index in [9.17, 15) is 0 Å². The van der Waals surface area contributed by atoms with Crippen molar-refractivity contribution in [2.24, 2.45) is 0 Å². The van der Waals surface area contributed by atoms with Gasteiger partial charge in [0.25, 0.3) is 0 Å². The summed E-state index contributed by atoms with van der Waals surface area (Å²) in [5, 5.41) is 3.49. The molecule has 0 unspecified atom stereocenters. The minimum Gasteiger partial charge on any atom is -0.497 e. The first kappa shape index (κ1) is 17.9. The van der Waals surface area contributed by atoms with Crippen molar-refractivity contribution in [1.82, 2.24) is 0 Å². The summed E-state index contributed by atoms with van der Waals surface area (Å²) in [5.74, 6) is 1.47. The van der Waals surface area contributed by atoms with Crippen LogP contribution in [-0.4, -0.2) is 14.2 Å². The van der Waals surface area contributed by atoms with Crippen molar-refractivity contribution >= 4 is 21.6 Å². The van der Waals surface area contributed by atoms with Crippen LogP contribution >= 0.6 is 15.9 Å². The van der Waals surface area contributed by atoms with Gasteiger partial charge in [0.2, 0.25) is 0 Å². The van der Waals surface area contributed by atoms with Crippen LogP contribution in [0.1, 0.15) is 29.0 Å². The number of methoxy groups -OCH3 is 2. The summed E-state index contributed by atoms with van der Waals surface area (Å²) in [6, 6.07) is 22.2. The lowest BCUT2D eigenvalue weighted by Gasteiger charge is -2.35. The Kier molecular flexibility index (Phi) is 5.05. The van der Waals surface area contributed by atoms with Crippen LogP contribution in [0.25, 0.3) is 0 Å². The quantitative estimate of drug-likeness (QED) is 0.581. The van der Waals surface area contributed by atoms with E-state index in [0.717, 1.165) is 38.3 Å². The fourth-order valence-electron chi connectivity index (χ4n) is 3.34. The Balaban J connectivity index is 1.78. The third-order valence-electron chi connectivity index (χ3n) is 4.68. The van der Waals surface area contributed by atoms with E-state index in [1.165, 1.54) is 0 Å². The number of fused-ring (bicyclic) bond motifs is 1. The molecule has 1 N–H and O–H groups in total. The van der Waals surface area contributed by atoms with Gasteiger partial charge in [-0.15, -0.1) is 0 Å². The van der Waals surface area contributed by atoms with Crippen molar-refractivity contribution in [1.29, 1.82) is 0 Å². The van der Waals surface area contributed by atoms with Gasteiger partial charge in [0.1, 0.15) is 17.6 Å². The number of rotatable bonds is 4. The zero-order chi connectivity index (χ0) is 18.8. The monoisotopic (exact) mass is 425 g/mol. The maximum atomic E-state index is 6.50. The average Bonchev–Trinajstić information content (AvgIpc) is 2.73. The molecule has 1 aliphatic rings. The molecule has 27 heavy (non-hydrogen) atoms. The molecule has 0 bridgehead atoms. The molecule has 0 spiro atoms. The van der Waals surface area contributed by atoms with Crippen LogP contribution in [-0.2, 0) is 4.74 Å².